The third-order valence-corrected chi connectivity index (χ3v) is 3.68. The van der Waals surface area contributed by atoms with Crippen molar-refractivity contribution in [2.24, 2.45) is 0 Å². The summed E-state index contributed by atoms with van der Waals surface area (Å²) in [5.74, 6) is 1.08. The SMILES string of the molecule is CCNC1CCc2c(OCCCCOC)cccc21. The quantitative estimate of drug-likeness (QED) is 0.731. The number of methoxy groups -OCH3 is 1. The fraction of sp³-hybridized carbons (Fsp3) is 0.625. The summed E-state index contributed by atoms with van der Waals surface area (Å²) in [6.07, 6.45) is 4.42. The highest BCUT2D eigenvalue weighted by molar-refractivity contribution is 5.45. The minimum absolute atomic E-state index is 0.511. The monoisotopic (exact) mass is 263 g/mol. The van der Waals surface area contributed by atoms with Crippen molar-refractivity contribution in [2.45, 2.75) is 38.6 Å². The largest absolute Gasteiger partial charge is 0.493 e. The molecule has 0 fully saturated rings. The fourth-order valence-corrected chi connectivity index (χ4v) is 2.75. The highest BCUT2D eigenvalue weighted by atomic mass is 16.5. The van der Waals surface area contributed by atoms with Gasteiger partial charge in [-0.25, -0.2) is 0 Å². The Bertz CT molecular complexity index is 392. The summed E-state index contributed by atoms with van der Waals surface area (Å²) in [6.45, 7) is 4.78. The molecule has 1 aliphatic carbocycles. The van der Waals surface area contributed by atoms with E-state index in [1.807, 2.05) is 0 Å². The summed E-state index contributed by atoms with van der Waals surface area (Å²) in [6, 6.07) is 6.95. The van der Waals surface area contributed by atoms with E-state index in [0.29, 0.717) is 6.04 Å². The van der Waals surface area contributed by atoms with Crippen molar-refractivity contribution in [3.05, 3.63) is 29.3 Å². The summed E-state index contributed by atoms with van der Waals surface area (Å²) >= 11 is 0. The lowest BCUT2D eigenvalue weighted by Crippen LogP contribution is -2.18. The third-order valence-electron chi connectivity index (χ3n) is 3.68. The van der Waals surface area contributed by atoms with E-state index >= 15 is 0 Å². The van der Waals surface area contributed by atoms with Crippen LogP contribution in [0.2, 0.25) is 0 Å². The zero-order valence-corrected chi connectivity index (χ0v) is 12.1. The van der Waals surface area contributed by atoms with Crippen LogP contribution in [0.15, 0.2) is 18.2 Å². The minimum atomic E-state index is 0.511. The summed E-state index contributed by atoms with van der Waals surface area (Å²) in [5.41, 5.74) is 2.83. The number of fused-ring (bicyclic) bond motifs is 1. The number of unbranched alkanes of at least 4 members (excludes halogenated alkanes) is 1. The first-order valence-electron chi connectivity index (χ1n) is 7.33. The number of hydrogen-bond donors (Lipinski definition) is 1. The smallest absolute Gasteiger partial charge is 0.122 e. The van der Waals surface area contributed by atoms with E-state index in [0.717, 1.165) is 44.8 Å². The Morgan fingerprint density at radius 1 is 1.26 bits per heavy atom. The van der Waals surface area contributed by atoms with Crippen molar-refractivity contribution in [3.63, 3.8) is 0 Å². The normalized spacial score (nSPS) is 17.5. The van der Waals surface area contributed by atoms with Crippen LogP contribution >= 0.6 is 0 Å². The molecule has 0 bridgehead atoms. The van der Waals surface area contributed by atoms with E-state index in [1.165, 1.54) is 17.5 Å². The second-order valence-corrected chi connectivity index (χ2v) is 5.02. The van der Waals surface area contributed by atoms with E-state index < -0.39 is 0 Å². The van der Waals surface area contributed by atoms with Gasteiger partial charge >= 0.3 is 0 Å². The Balaban J connectivity index is 1.92. The molecule has 0 radical (unpaired) electrons. The molecular weight excluding hydrogens is 238 g/mol. The van der Waals surface area contributed by atoms with Gasteiger partial charge < -0.3 is 14.8 Å². The molecule has 1 aromatic rings. The summed E-state index contributed by atoms with van der Waals surface area (Å²) in [4.78, 5) is 0. The van der Waals surface area contributed by atoms with Crippen molar-refractivity contribution in [1.82, 2.24) is 5.32 Å². The Labute approximate surface area is 116 Å². The lowest BCUT2D eigenvalue weighted by molar-refractivity contribution is 0.184. The van der Waals surface area contributed by atoms with Crippen molar-refractivity contribution in [2.75, 3.05) is 26.9 Å². The molecule has 1 aliphatic rings. The predicted molar refractivity (Wildman–Crippen MR) is 77.8 cm³/mol. The molecular formula is C16H25NO2. The second kappa shape index (κ2) is 7.51. The van der Waals surface area contributed by atoms with Gasteiger partial charge in [0.05, 0.1) is 6.61 Å². The molecule has 1 N–H and O–H groups in total. The van der Waals surface area contributed by atoms with E-state index in [9.17, 15) is 0 Å². The zero-order chi connectivity index (χ0) is 13.5. The van der Waals surface area contributed by atoms with Crippen LogP contribution in [0.5, 0.6) is 5.75 Å². The predicted octanol–water partition coefficient (Wildman–Crippen LogP) is 3.09. The van der Waals surface area contributed by atoms with Gasteiger partial charge in [-0.3, -0.25) is 0 Å². The number of hydrogen-bond acceptors (Lipinski definition) is 3. The Hall–Kier alpha value is -1.06. The van der Waals surface area contributed by atoms with E-state index in [1.54, 1.807) is 7.11 Å². The molecule has 3 heteroatoms. The van der Waals surface area contributed by atoms with Gasteiger partial charge in [0.15, 0.2) is 0 Å². The van der Waals surface area contributed by atoms with Crippen molar-refractivity contribution in [1.29, 1.82) is 0 Å². The molecule has 0 heterocycles. The van der Waals surface area contributed by atoms with Gasteiger partial charge in [-0.1, -0.05) is 19.1 Å². The summed E-state index contributed by atoms with van der Waals surface area (Å²) < 4.78 is 11.0. The van der Waals surface area contributed by atoms with E-state index in [2.05, 4.69) is 30.4 Å². The molecule has 0 saturated carbocycles. The standard InChI is InChI=1S/C16H25NO2/c1-3-17-15-10-9-14-13(15)7-6-8-16(14)19-12-5-4-11-18-2/h6-8,15,17H,3-5,9-12H2,1-2H3. The maximum absolute atomic E-state index is 5.94. The average Bonchev–Trinajstić information content (AvgIpc) is 2.83. The molecule has 0 amide bonds. The van der Waals surface area contributed by atoms with Crippen LogP contribution in [0.1, 0.15) is 43.4 Å². The molecule has 0 saturated heterocycles. The van der Waals surface area contributed by atoms with Crippen molar-refractivity contribution >= 4 is 0 Å². The van der Waals surface area contributed by atoms with Gasteiger partial charge in [-0.15, -0.1) is 0 Å². The number of ether oxygens (including phenoxy) is 2. The van der Waals surface area contributed by atoms with Crippen LogP contribution in [0.25, 0.3) is 0 Å². The van der Waals surface area contributed by atoms with Crippen LogP contribution in [0.3, 0.4) is 0 Å². The first-order chi connectivity index (χ1) is 9.36. The molecule has 1 unspecified atom stereocenters. The molecule has 0 spiro atoms. The average molecular weight is 263 g/mol. The molecule has 1 atom stereocenters. The number of nitrogens with one attached hydrogen (secondary N) is 1. The third kappa shape index (κ3) is 3.71. The van der Waals surface area contributed by atoms with Crippen LogP contribution in [0.4, 0.5) is 0 Å². The molecule has 2 rings (SSSR count). The summed E-state index contributed by atoms with van der Waals surface area (Å²) in [7, 11) is 1.74. The fourth-order valence-electron chi connectivity index (χ4n) is 2.75. The molecule has 19 heavy (non-hydrogen) atoms. The van der Waals surface area contributed by atoms with Gasteiger partial charge in [-0.05, 0) is 49.4 Å². The topological polar surface area (TPSA) is 30.5 Å². The number of benzene rings is 1. The first-order valence-corrected chi connectivity index (χ1v) is 7.33. The summed E-state index contributed by atoms with van der Waals surface area (Å²) in [5, 5.41) is 3.54. The van der Waals surface area contributed by atoms with Gasteiger partial charge in [-0.2, -0.15) is 0 Å². The second-order valence-electron chi connectivity index (χ2n) is 5.02. The van der Waals surface area contributed by atoms with Crippen LogP contribution in [-0.4, -0.2) is 26.9 Å². The maximum atomic E-state index is 5.94. The molecule has 0 aromatic heterocycles. The Morgan fingerprint density at radius 2 is 2.11 bits per heavy atom. The van der Waals surface area contributed by atoms with E-state index in [-0.39, 0.29) is 0 Å². The molecule has 0 aliphatic heterocycles. The maximum Gasteiger partial charge on any atom is 0.122 e. The molecule has 1 aromatic carbocycles. The van der Waals surface area contributed by atoms with Crippen LogP contribution < -0.4 is 10.1 Å². The van der Waals surface area contributed by atoms with Gasteiger partial charge in [0, 0.05) is 19.8 Å². The van der Waals surface area contributed by atoms with Crippen LogP contribution in [-0.2, 0) is 11.2 Å². The van der Waals surface area contributed by atoms with Crippen LogP contribution in [0, 0.1) is 0 Å². The van der Waals surface area contributed by atoms with Crippen molar-refractivity contribution < 1.29 is 9.47 Å². The zero-order valence-electron chi connectivity index (χ0n) is 12.1. The van der Waals surface area contributed by atoms with Gasteiger partial charge in [0.25, 0.3) is 0 Å². The number of rotatable bonds is 8. The highest BCUT2D eigenvalue weighted by Crippen LogP contribution is 2.36. The Kier molecular flexibility index (Phi) is 5.67. The van der Waals surface area contributed by atoms with Gasteiger partial charge in [0.2, 0.25) is 0 Å². The lowest BCUT2D eigenvalue weighted by Gasteiger charge is -2.14. The molecule has 106 valence electrons. The highest BCUT2D eigenvalue weighted by Gasteiger charge is 2.24. The van der Waals surface area contributed by atoms with Crippen molar-refractivity contribution in [3.8, 4) is 5.75 Å². The first kappa shape index (κ1) is 14.4. The molecule has 3 nitrogen and oxygen atoms in total. The van der Waals surface area contributed by atoms with E-state index in [4.69, 9.17) is 9.47 Å². The lowest BCUT2D eigenvalue weighted by atomic mass is 10.1. The van der Waals surface area contributed by atoms with Gasteiger partial charge in [0.1, 0.15) is 5.75 Å². The minimum Gasteiger partial charge on any atom is -0.493 e. The Morgan fingerprint density at radius 3 is 2.89 bits per heavy atom.